The van der Waals surface area contributed by atoms with Crippen molar-refractivity contribution in [2.45, 2.75) is 32.2 Å². The summed E-state index contributed by atoms with van der Waals surface area (Å²) < 4.78 is 35.4. The third-order valence-electron chi connectivity index (χ3n) is 1.25. The lowest BCUT2D eigenvalue weighted by atomic mass is 10.1. The van der Waals surface area contributed by atoms with Crippen LogP contribution in [0.2, 0.25) is 0 Å². The van der Waals surface area contributed by atoms with Crippen molar-refractivity contribution in [2.24, 2.45) is 5.92 Å². The first kappa shape index (κ1) is 14.1. The van der Waals surface area contributed by atoms with E-state index in [0.29, 0.717) is 0 Å². The quantitative estimate of drug-likeness (QED) is 0.540. The number of rotatable bonds is 4. The van der Waals surface area contributed by atoms with Crippen LogP contribution in [0.1, 0.15) is 20.8 Å². The van der Waals surface area contributed by atoms with Gasteiger partial charge in [0, 0.05) is 11.7 Å². The van der Waals surface area contributed by atoms with Crippen LogP contribution in [0.25, 0.3) is 0 Å². The minimum Gasteiger partial charge on any atom is -0.159 e. The fourth-order valence-electron chi connectivity index (χ4n) is 0.596. The van der Waals surface area contributed by atoms with Crippen LogP contribution in [0.3, 0.4) is 0 Å². The second-order valence-electron chi connectivity index (χ2n) is 2.93. The molecule has 0 aliphatic heterocycles. The second-order valence-corrected chi connectivity index (χ2v) is 5.73. The molecule has 0 saturated heterocycles. The Morgan fingerprint density at radius 2 is 1.86 bits per heavy atom. The SMILES string of the molecule is CCSSC(C#CC(F)(F)F)C(C)C. The minimum absolute atomic E-state index is 0.133. The lowest BCUT2D eigenvalue weighted by molar-refractivity contribution is -0.0697. The van der Waals surface area contributed by atoms with Crippen molar-refractivity contribution in [1.29, 1.82) is 0 Å². The summed E-state index contributed by atoms with van der Waals surface area (Å²) in [4.78, 5) is 0. The highest BCUT2D eigenvalue weighted by atomic mass is 33.1. The molecule has 0 rings (SSSR count). The fraction of sp³-hybridized carbons (Fsp3) is 0.778. The van der Waals surface area contributed by atoms with Gasteiger partial charge in [0.2, 0.25) is 0 Å². The Labute approximate surface area is 90.8 Å². The van der Waals surface area contributed by atoms with Gasteiger partial charge in [0.1, 0.15) is 0 Å². The molecule has 82 valence electrons. The average Bonchev–Trinajstić information content (AvgIpc) is 2.01. The Bertz CT molecular complexity index is 212. The molecule has 1 unspecified atom stereocenters. The largest absolute Gasteiger partial charge is 0.457 e. The standard InChI is InChI=1S/C9H13F3S2/c1-4-13-14-8(7(2)3)5-6-9(10,11)12/h7-8H,4H2,1-3H3. The van der Waals surface area contributed by atoms with Gasteiger partial charge in [-0.25, -0.2) is 0 Å². The molecule has 0 radical (unpaired) electrons. The molecule has 1 atom stereocenters. The van der Waals surface area contributed by atoms with E-state index >= 15 is 0 Å². The van der Waals surface area contributed by atoms with Crippen LogP contribution in [0.5, 0.6) is 0 Å². The van der Waals surface area contributed by atoms with E-state index in [2.05, 4.69) is 5.92 Å². The fourth-order valence-corrected chi connectivity index (χ4v) is 2.87. The molecule has 0 N–H and O–H groups in total. The topological polar surface area (TPSA) is 0 Å². The van der Waals surface area contributed by atoms with E-state index in [4.69, 9.17) is 0 Å². The Morgan fingerprint density at radius 3 is 2.21 bits per heavy atom. The summed E-state index contributed by atoms with van der Waals surface area (Å²) in [6.07, 6.45) is -4.37. The predicted molar refractivity (Wildman–Crippen MR) is 58.2 cm³/mol. The van der Waals surface area contributed by atoms with Crippen LogP contribution < -0.4 is 0 Å². The highest BCUT2D eigenvalue weighted by Gasteiger charge is 2.24. The molecule has 0 heterocycles. The van der Waals surface area contributed by atoms with Gasteiger partial charge < -0.3 is 0 Å². The van der Waals surface area contributed by atoms with Crippen LogP contribution in [0.4, 0.5) is 13.2 Å². The molecule has 14 heavy (non-hydrogen) atoms. The van der Waals surface area contributed by atoms with Crippen molar-refractivity contribution in [2.75, 3.05) is 5.75 Å². The molecule has 0 nitrogen and oxygen atoms in total. The number of halogens is 3. The number of alkyl halides is 3. The molecule has 0 aromatic carbocycles. The van der Waals surface area contributed by atoms with Gasteiger partial charge >= 0.3 is 6.18 Å². The van der Waals surface area contributed by atoms with Crippen LogP contribution in [0.15, 0.2) is 0 Å². The molecule has 5 heteroatoms. The molecule has 0 aromatic heterocycles. The zero-order valence-electron chi connectivity index (χ0n) is 8.31. The summed E-state index contributed by atoms with van der Waals surface area (Å²) in [6.45, 7) is 5.71. The summed E-state index contributed by atoms with van der Waals surface area (Å²) in [5.74, 6) is 4.60. The van der Waals surface area contributed by atoms with Gasteiger partial charge in [-0.05, 0) is 5.92 Å². The van der Waals surface area contributed by atoms with Crippen molar-refractivity contribution in [3.63, 3.8) is 0 Å². The van der Waals surface area contributed by atoms with E-state index in [1.54, 1.807) is 10.8 Å². The van der Waals surface area contributed by atoms with Crippen molar-refractivity contribution >= 4 is 21.6 Å². The lowest BCUT2D eigenvalue weighted by Crippen LogP contribution is -2.10. The maximum absolute atomic E-state index is 11.8. The van der Waals surface area contributed by atoms with Crippen molar-refractivity contribution in [1.82, 2.24) is 0 Å². The summed E-state index contributed by atoms with van der Waals surface area (Å²) in [5, 5.41) is -0.249. The molecule has 0 aromatic rings. The van der Waals surface area contributed by atoms with E-state index < -0.39 is 6.18 Å². The van der Waals surface area contributed by atoms with Crippen molar-refractivity contribution in [3.8, 4) is 11.8 Å². The predicted octanol–water partition coefficient (Wildman–Crippen LogP) is 3.98. The Hall–Kier alpha value is 0.0500. The third-order valence-corrected chi connectivity index (χ3v) is 4.23. The van der Waals surface area contributed by atoms with Gasteiger partial charge in [0.15, 0.2) is 0 Å². The maximum Gasteiger partial charge on any atom is 0.457 e. The molecule has 0 spiro atoms. The molecule has 0 fully saturated rings. The zero-order valence-corrected chi connectivity index (χ0v) is 9.95. The first-order valence-electron chi connectivity index (χ1n) is 4.24. The van der Waals surface area contributed by atoms with E-state index in [-0.39, 0.29) is 11.2 Å². The zero-order chi connectivity index (χ0) is 11.2. The first-order valence-corrected chi connectivity index (χ1v) is 6.62. The Morgan fingerprint density at radius 1 is 1.29 bits per heavy atom. The smallest absolute Gasteiger partial charge is 0.159 e. The second kappa shape index (κ2) is 6.52. The van der Waals surface area contributed by atoms with E-state index in [1.807, 2.05) is 20.8 Å². The van der Waals surface area contributed by atoms with Crippen molar-refractivity contribution in [3.05, 3.63) is 0 Å². The minimum atomic E-state index is -4.37. The lowest BCUT2D eigenvalue weighted by Gasteiger charge is -2.12. The van der Waals surface area contributed by atoms with Gasteiger partial charge in [-0.2, -0.15) is 13.2 Å². The third kappa shape index (κ3) is 7.45. The van der Waals surface area contributed by atoms with Gasteiger partial charge in [-0.3, -0.25) is 0 Å². The van der Waals surface area contributed by atoms with E-state index in [9.17, 15) is 13.2 Å². The van der Waals surface area contributed by atoms with Crippen LogP contribution >= 0.6 is 21.6 Å². The average molecular weight is 242 g/mol. The highest BCUT2D eigenvalue weighted by Crippen LogP contribution is 2.30. The molecule has 0 aliphatic rings. The van der Waals surface area contributed by atoms with Gasteiger partial charge in [-0.1, -0.05) is 48.3 Å². The summed E-state index contributed by atoms with van der Waals surface area (Å²) >= 11 is 0. The normalized spacial score (nSPS) is 13.6. The highest BCUT2D eigenvalue weighted by molar-refractivity contribution is 8.77. The summed E-state index contributed by atoms with van der Waals surface area (Å²) in [6, 6.07) is 0. The van der Waals surface area contributed by atoms with Crippen LogP contribution in [-0.2, 0) is 0 Å². The first-order chi connectivity index (χ1) is 6.37. The molecular weight excluding hydrogens is 229 g/mol. The van der Waals surface area contributed by atoms with E-state index in [0.717, 1.165) is 5.75 Å². The summed E-state index contributed by atoms with van der Waals surface area (Å²) in [5.41, 5.74) is 0. The summed E-state index contributed by atoms with van der Waals surface area (Å²) in [7, 11) is 2.96. The Kier molecular flexibility index (Phi) is 6.54. The molecule has 0 bridgehead atoms. The maximum atomic E-state index is 11.8. The van der Waals surface area contributed by atoms with Gasteiger partial charge in [-0.15, -0.1) is 0 Å². The van der Waals surface area contributed by atoms with E-state index in [1.165, 1.54) is 16.7 Å². The Balaban J connectivity index is 4.27. The van der Waals surface area contributed by atoms with Crippen LogP contribution in [0, 0.1) is 17.8 Å². The van der Waals surface area contributed by atoms with Gasteiger partial charge in [0.25, 0.3) is 0 Å². The number of hydrogen-bond acceptors (Lipinski definition) is 2. The van der Waals surface area contributed by atoms with Crippen LogP contribution in [-0.4, -0.2) is 17.2 Å². The molecule has 0 saturated carbocycles. The molecule has 0 aliphatic carbocycles. The monoisotopic (exact) mass is 242 g/mol. The number of hydrogen-bond donors (Lipinski definition) is 0. The molecule has 0 amide bonds. The molecular formula is C9H13F3S2. The van der Waals surface area contributed by atoms with Crippen molar-refractivity contribution < 1.29 is 13.2 Å². The van der Waals surface area contributed by atoms with Gasteiger partial charge in [0.05, 0.1) is 5.25 Å².